The summed E-state index contributed by atoms with van der Waals surface area (Å²) in [5.41, 5.74) is 7.49. The lowest BCUT2D eigenvalue weighted by Gasteiger charge is -2.05. The third-order valence-electron chi connectivity index (χ3n) is 3.14. The number of anilines is 2. The zero-order valence-electron chi connectivity index (χ0n) is 12.6. The van der Waals surface area contributed by atoms with Gasteiger partial charge in [0.1, 0.15) is 11.4 Å². The molecule has 0 amide bonds. The Morgan fingerprint density at radius 1 is 1.21 bits per heavy atom. The molecule has 0 aliphatic heterocycles. The maximum Gasteiger partial charge on any atom is 0.299 e. The maximum atomic E-state index is 9.84. The molecule has 122 valence electrons. The van der Waals surface area contributed by atoms with Crippen molar-refractivity contribution in [2.45, 2.75) is 6.92 Å². The van der Waals surface area contributed by atoms with Gasteiger partial charge >= 0.3 is 0 Å². The summed E-state index contributed by atoms with van der Waals surface area (Å²) >= 11 is 0. The summed E-state index contributed by atoms with van der Waals surface area (Å²) in [6.07, 6.45) is 4.66. The molecule has 5 N–H and O–H groups in total. The van der Waals surface area contributed by atoms with Crippen LogP contribution in [0.4, 0.5) is 11.7 Å². The van der Waals surface area contributed by atoms with Gasteiger partial charge in [0.25, 0.3) is 6.01 Å². The van der Waals surface area contributed by atoms with E-state index in [0.717, 1.165) is 5.56 Å². The first-order chi connectivity index (χ1) is 11.6. The molecule has 24 heavy (non-hydrogen) atoms. The Kier molecular flexibility index (Phi) is 3.98. The Balaban J connectivity index is 1.80. The van der Waals surface area contributed by atoms with E-state index in [1.54, 1.807) is 6.20 Å². The van der Waals surface area contributed by atoms with E-state index in [1.165, 1.54) is 18.5 Å². The number of oxime groups is 1. The smallest absolute Gasteiger partial charge is 0.299 e. The second kappa shape index (κ2) is 6.24. The van der Waals surface area contributed by atoms with Gasteiger partial charge in [0.05, 0.1) is 18.1 Å². The lowest BCUT2D eigenvalue weighted by Crippen LogP contribution is -2.15. The first-order valence-electron chi connectivity index (χ1n) is 6.89. The highest BCUT2D eigenvalue weighted by Crippen LogP contribution is 2.25. The first kappa shape index (κ1) is 15.3. The molecular weight excluding hydrogens is 312 g/mol. The zero-order valence-corrected chi connectivity index (χ0v) is 12.6. The third kappa shape index (κ3) is 3.09. The van der Waals surface area contributed by atoms with Crippen molar-refractivity contribution in [3.63, 3.8) is 0 Å². The van der Waals surface area contributed by atoms with Gasteiger partial charge in [-0.15, -0.1) is 0 Å². The van der Waals surface area contributed by atoms with E-state index in [0.29, 0.717) is 17.1 Å². The van der Waals surface area contributed by atoms with Crippen molar-refractivity contribution in [2.24, 2.45) is 10.9 Å². The number of nitrogens with zero attached hydrogens (tertiary/aromatic N) is 4. The predicted octanol–water partition coefficient (Wildman–Crippen LogP) is 1.98. The van der Waals surface area contributed by atoms with Crippen LogP contribution in [0.25, 0.3) is 11.5 Å². The van der Waals surface area contributed by atoms with E-state index in [-0.39, 0.29) is 23.3 Å². The number of aryl methyl sites for hydroxylation is 1. The van der Waals surface area contributed by atoms with Crippen molar-refractivity contribution in [1.29, 1.82) is 0 Å². The van der Waals surface area contributed by atoms with E-state index in [1.807, 2.05) is 19.1 Å². The highest BCUT2D eigenvalue weighted by molar-refractivity contribution is 5.97. The molecule has 0 aliphatic rings. The number of oxazole rings is 1. The molecule has 3 aromatic heterocycles. The van der Waals surface area contributed by atoms with Gasteiger partial charge in [0, 0.05) is 12.3 Å². The SMILES string of the molecule is Cc1ccc(-c2cnc(Nc3cnc(/C(N)=N/O)c(O)c3)o2)nc1. The molecule has 0 spiro atoms. The van der Waals surface area contributed by atoms with Crippen molar-refractivity contribution < 1.29 is 14.7 Å². The molecule has 0 aliphatic carbocycles. The van der Waals surface area contributed by atoms with Gasteiger partial charge in [0.2, 0.25) is 0 Å². The first-order valence-corrected chi connectivity index (χ1v) is 6.89. The Labute approximate surface area is 136 Å². The second-order valence-electron chi connectivity index (χ2n) is 4.95. The van der Waals surface area contributed by atoms with E-state index >= 15 is 0 Å². The van der Waals surface area contributed by atoms with E-state index in [2.05, 4.69) is 25.4 Å². The largest absolute Gasteiger partial charge is 0.505 e. The minimum absolute atomic E-state index is 0.0278. The molecule has 3 rings (SSSR count). The van der Waals surface area contributed by atoms with Gasteiger partial charge < -0.3 is 25.8 Å². The third-order valence-corrected chi connectivity index (χ3v) is 3.14. The molecule has 0 saturated heterocycles. The predicted molar refractivity (Wildman–Crippen MR) is 86.2 cm³/mol. The van der Waals surface area contributed by atoms with Crippen molar-refractivity contribution in [3.05, 3.63) is 48.0 Å². The maximum absolute atomic E-state index is 9.84. The van der Waals surface area contributed by atoms with Crippen LogP contribution < -0.4 is 11.1 Å². The van der Waals surface area contributed by atoms with Crippen molar-refractivity contribution >= 4 is 17.5 Å². The van der Waals surface area contributed by atoms with Crippen LogP contribution in [0.1, 0.15) is 11.3 Å². The average Bonchev–Trinajstić information content (AvgIpc) is 3.03. The molecule has 0 radical (unpaired) electrons. The van der Waals surface area contributed by atoms with Crippen molar-refractivity contribution in [1.82, 2.24) is 15.0 Å². The minimum atomic E-state index is -0.289. The van der Waals surface area contributed by atoms with Crippen LogP contribution in [-0.4, -0.2) is 31.1 Å². The molecule has 9 nitrogen and oxygen atoms in total. The lowest BCUT2D eigenvalue weighted by molar-refractivity contribution is 0.318. The monoisotopic (exact) mass is 326 g/mol. The summed E-state index contributed by atoms with van der Waals surface area (Å²) in [6, 6.07) is 5.32. The summed E-state index contributed by atoms with van der Waals surface area (Å²) in [5, 5.41) is 24.1. The van der Waals surface area contributed by atoms with Crippen LogP contribution in [0.3, 0.4) is 0 Å². The molecule has 0 bridgehead atoms. The number of aromatic hydroxyl groups is 1. The lowest BCUT2D eigenvalue weighted by atomic mass is 10.2. The topological polar surface area (TPSA) is 143 Å². The molecule has 9 heteroatoms. The van der Waals surface area contributed by atoms with E-state index in [4.69, 9.17) is 15.4 Å². The van der Waals surface area contributed by atoms with E-state index in [9.17, 15) is 5.11 Å². The van der Waals surface area contributed by atoms with E-state index < -0.39 is 0 Å². The zero-order chi connectivity index (χ0) is 17.1. The fourth-order valence-electron chi connectivity index (χ4n) is 1.95. The number of aromatic nitrogens is 3. The van der Waals surface area contributed by atoms with Crippen LogP contribution in [0, 0.1) is 6.92 Å². The van der Waals surface area contributed by atoms with Crippen LogP contribution in [0.15, 0.2) is 46.4 Å². The number of nitrogens with two attached hydrogens (primary N) is 1. The highest BCUT2D eigenvalue weighted by atomic mass is 16.4. The average molecular weight is 326 g/mol. The van der Waals surface area contributed by atoms with Crippen LogP contribution in [-0.2, 0) is 0 Å². The molecule has 0 saturated carbocycles. The van der Waals surface area contributed by atoms with Gasteiger partial charge in [-0.25, -0.2) is 9.97 Å². The minimum Gasteiger partial charge on any atom is -0.505 e. The van der Waals surface area contributed by atoms with Gasteiger partial charge in [-0.1, -0.05) is 11.2 Å². The number of nitrogens with one attached hydrogen (secondary N) is 1. The molecule has 0 fully saturated rings. The number of rotatable bonds is 4. The molecule has 0 atom stereocenters. The number of hydrogen-bond donors (Lipinski definition) is 4. The molecular formula is C15H14N6O3. The second-order valence-corrected chi connectivity index (χ2v) is 4.95. The Morgan fingerprint density at radius 2 is 2.04 bits per heavy atom. The quantitative estimate of drug-likeness (QED) is 0.247. The van der Waals surface area contributed by atoms with Gasteiger partial charge in [-0.3, -0.25) is 4.98 Å². The Bertz CT molecular complexity index is 888. The summed E-state index contributed by atoms with van der Waals surface area (Å²) in [6.45, 7) is 1.95. The van der Waals surface area contributed by atoms with Gasteiger partial charge in [-0.05, 0) is 18.6 Å². The normalized spacial score (nSPS) is 11.5. The molecule has 0 aromatic carbocycles. The summed E-state index contributed by atoms with van der Waals surface area (Å²) in [7, 11) is 0. The van der Waals surface area contributed by atoms with Crippen LogP contribution in [0.2, 0.25) is 0 Å². The fraction of sp³-hybridized carbons (Fsp3) is 0.0667. The fourth-order valence-corrected chi connectivity index (χ4v) is 1.95. The number of pyridine rings is 2. The molecule has 3 aromatic rings. The Hall–Kier alpha value is -3.62. The Morgan fingerprint density at radius 3 is 2.71 bits per heavy atom. The van der Waals surface area contributed by atoms with Gasteiger partial charge in [-0.2, -0.15) is 0 Å². The molecule has 3 heterocycles. The highest BCUT2D eigenvalue weighted by Gasteiger charge is 2.11. The number of hydrogen-bond acceptors (Lipinski definition) is 8. The molecule has 0 unspecified atom stereocenters. The van der Waals surface area contributed by atoms with Crippen LogP contribution >= 0.6 is 0 Å². The number of amidine groups is 1. The summed E-state index contributed by atoms with van der Waals surface area (Å²) < 4.78 is 5.57. The van der Waals surface area contributed by atoms with Crippen molar-refractivity contribution in [2.75, 3.05) is 5.32 Å². The van der Waals surface area contributed by atoms with Crippen LogP contribution in [0.5, 0.6) is 5.75 Å². The van der Waals surface area contributed by atoms with Gasteiger partial charge in [0.15, 0.2) is 17.3 Å². The summed E-state index contributed by atoms with van der Waals surface area (Å²) in [5.74, 6) is -0.0341. The van der Waals surface area contributed by atoms with Crippen molar-refractivity contribution in [3.8, 4) is 17.2 Å². The summed E-state index contributed by atoms with van der Waals surface area (Å²) in [4.78, 5) is 12.3. The standard InChI is InChI=1S/C15H14N6O3/c1-8-2-3-10(17-5-8)12-7-19-15(24-12)20-9-4-11(22)13(18-6-9)14(16)21-23/h2-7,22-23H,1H3,(H2,16,21)(H,19,20).